The van der Waals surface area contributed by atoms with Crippen LogP contribution in [0.4, 0.5) is 0 Å². The first-order valence-corrected chi connectivity index (χ1v) is 7.35. The molecule has 0 aliphatic carbocycles. The van der Waals surface area contributed by atoms with Gasteiger partial charge in [-0.05, 0) is 12.3 Å². The van der Waals surface area contributed by atoms with Crippen LogP contribution in [0.2, 0.25) is 0 Å². The highest BCUT2D eigenvalue weighted by Crippen LogP contribution is 2.38. The van der Waals surface area contributed by atoms with Gasteiger partial charge in [0.25, 0.3) is 5.89 Å². The number of halogens is 1. The summed E-state index contributed by atoms with van der Waals surface area (Å²) >= 11 is 0. The van der Waals surface area contributed by atoms with Crippen LogP contribution in [0.15, 0.2) is 34.7 Å². The number of aldehydes is 1. The smallest absolute Gasteiger partial charge is 0.260 e. The fourth-order valence-electron chi connectivity index (χ4n) is 3.42. The second-order valence-corrected chi connectivity index (χ2v) is 5.71. The molecule has 1 aromatic heterocycles. The summed E-state index contributed by atoms with van der Waals surface area (Å²) < 4.78 is 5.69. The predicted octanol–water partition coefficient (Wildman–Crippen LogP) is 2.50. The number of carbonyl (C=O) groups is 1. The third kappa shape index (κ3) is 2.56. The van der Waals surface area contributed by atoms with E-state index in [0.29, 0.717) is 18.1 Å². The van der Waals surface area contributed by atoms with Crippen LogP contribution in [-0.4, -0.2) is 35.9 Å². The number of nitrogens with one attached hydrogen (secondary N) is 1. The molecule has 0 radical (unpaired) electrons. The molecule has 2 bridgehead atoms. The number of benzene rings is 1. The molecule has 0 amide bonds. The lowest BCUT2D eigenvalue weighted by molar-refractivity contribution is 0.109. The van der Waals surface area contributed by atoms with Crippen LogP contribution in [0.5, 0.6) is 0 Å². The zero-order valence-electron chi connectivity index (χ0n) is 12.1. The van der Waals surface area contributed by atoms with Gasteiger partial charge in [-0.1, -0.05) is 30.3 Å². The van der Waals surface area contributed by atoms with Crippen LogP contribution < -0.4 is 5.43 Å². The van der Waals surface area contributed by atoms with E-state index in [1.165, 1.54) is 0 Å². The van der Waals surface area contributed by atoms with Crippen molar-refractivity contribution in [2.45, 2.75) is 12.3 Å². The first-order valence-electron chi connectivity index (χ1n) is 7.35. The van der Waals surface area contributed by atoms with Crippen LogP contribution in [0.3, 0.4) is 0 Å². The molecule has 0 spiro atoms. The van der Waals surface area contributed by atoms with Crippen molar-refractivity contribution in [3.63, 3.8) is 0 Å². The molecule has 3 heterocycles. The van der Waals surface area contributed by atoms with Gasteiger partial charge in [-0.2, -0.15) is 0 Å². The predicted molar refractivity (Wildman–Crippen MR) is 85.0 cm³/mol. The monoisotopic (exact) mass is 319 g/mol. The Morgan fingerprint density at radius 1 is 1.32 bits per heavy atom. The maximum absolute atomic E-state index is 11.1. The van der Waals surface area contributed by atoms with Gasteiger partial charge in [0.05, 0.1) is 5.69 Å². The summed E-state index contributed by atoms with van der Waals surface area (Å²) in [5.41, 5.74) is 5.33. The van der Waals surface area contributed by atoms with Crippen molar-refractivity contribution in [3.8, 4) is 11.3 Å². The van der Waals surface area contributed by atoms with E-state index in [9.17, 15) is 4.79 Å². The molecule has 2 aliphatic heterocycles. The second-order valence-electron chi connectivity index (χ2n) is 5.71. The summed E-state index contributed by atoms with van der Waals surface area (Å²) in [7, 11) is 0. The highest BCUT2D eigenvalue weighted by atomic mass is 35.5. The summed E-state index contributed by atoms with van der Waals surface area (Å²) in [6, 6.07) is 9.90. The van der Waals surface area contributed by atoms with Crippen molar-refractivity contribution in [3.05, 3.63) is 41.9 Å². The van der Waals surface area contributed by atoms with E-state index in [1.807, 2.05) is 30.3 Å². The van der Waals surface area contributed by atoms with Crippen molar-refractivity contribution >= 4 is 18.7 Å². The van der Waals surface area contributed by atoms with Gasteiger partial charge < -0.3 is 4.42 Å². The van der Waals surface area contributed by atoms with Crippen molar-refractivity contribution in [2.24, 2.45) is 5.92 Å². The van der Waals surface area contributed by atoms with Gasteiger partial charge in [-0.15, -0.1) is 12.4 Å². The highest BCUT2D eigenvalue weighted by Gasteiger charge is 2.38. The Morgan fingerprint density at radius 3 is 2.91 bits per heavy atom. The maximum atomic E-state index is 11.1. The fourth-order valence-corrected chi connectivity index (χ4v) is 3.42. The Hall–Kier alpha value is -1.69. The van der Waals surface area contributed by atoms with Gasteiger partial charge in [-0.3, -0.25) is 10.2 Å². The summed E-state index contributed by atoms with van der Waals surface area (Å²) in [6.45, 7) is 2.98. The van der Waals surface area contributed by atoms with Crippen molar-refractivity contribution in [1.82, 2.24) is 15.4 Å². The summed E-state index contributed by atoms with van der Waals surface area (Å²) in [5, 5.41) is 2.27. The summed E-state index contributed by atoms with van der Waals surface area (Å²) in [5.74, 6) is 1.80. The van der Waals surface area contributed by atoms with Gasteiger partial charge in [-0.25, -0.2) is 9.99 Å². The molecule has 116 valence electrons. The lowest BCUT2D eigenvalue weighted by atomic mass is 9.86. The van der Waals surface area contributed by atoms with Crippen molar-refractivity contribution in [1.29, 1.82) is 0 Å². The SMILES string of the molecule is Cl.O=Cc1nc(C2CNN3CCC2C3)c(-c2ccccc2)o1. The second kappa shape index (κ2) is 6.20. The quantitative estimate of drug-likeness (QED) is 0.881. The van der Waals surface area contributed by atoms with Gasteiger partial charge >= 0.3 is 0 Å². The van der Waals surface area contributed by atoms with E-state index >= 15 is 0 Å². The van der Waals surface area contributed by atoms with Gasteiger partial charge in [0.15, 0.2) is 5.76 Å². The Balaban J connectivity index is 0.00000144. The average molecular weight is 320 g/mol. The number of oxazole rings is 1. The number of hydrogen-bond acceptors (Lipinski definition) is 5. The standard InChI is InChI=1S/C16H17N3O2.ClH/c20-10-14-18-15(13-8-17-19-7-6-12(13)9-19)16(21-14)11-4-2-1-3-5-11;/h1-5,10,12-13,17H,6-9H2;1H. The maximum Gasteiger partial charge on any atom is 0.260 e. The molecular formula is C16H18ClN3O2. The average Bonchev–Trinajstić information content (AvgIpc) is 3.13. The number of fused-ring (bicyclic) bond motifs is 2. The largest absolute Gasteiger partial charge is 0.434 e. The minimum Gasteiger partial charge on any atom is -0.434 e. The molecule has 3 unspecified atom stereocenters. The van der Waals surface area contributed by atoms with Crippen LogP contribution >= 0.6 is 12.4 Å². The number of aromatic nitrogens is 1. The molecular weight excluding hydrogens is 302 g/mol. The molecule has 1 aromatic carbocycles. The zero-order chi connectivity index (χ0) is 14.2. The lowest BCUT2D eigenvalue weighted by Crippen LogP contribution is -2.44. The number of hydrogen-bond donors (Lipinski definition) is 1. The molecule has 2 aromatic rings. The highest BCUT2D eigenvalue weighted by molar-refractivity contribution is 5.85. The summed E-state index contributed by atoms with van der Waals surface area (Å²) in [6.07, 6.45) is 1.85. The van der Waals surface area contributed by atoms with E-state index in [4.69, 9.17) is 4.42 Å². The van der Waals surface area contributed by atoms with E-state index in [1.54, 1.807) is 0 Å². The first kappa shape index (κ1) is 15.2. The number of hydrazine groups is 1. The van der Waals surface area contributed by atoms with Crippen molar-refractivity contribution in [2.75, 3.05) is 19.6 Å². The van der Waals surface area contributed by atoms with Gasteiger partial charge in [0, 0.05) is 31.1 Å². The van der Waals surface area contributed by atoms with E-state index < -0.39 is 0 Å². The lowest BCUT2D eigenvalue weighted by Gasteiger charge is -2.30. The molecule has 1 N–H and O–H groups in total. The number of rotatable bonds is 3. The van der Waals surface area contributed by atoms with Crippen LogP contribution in [0.25, 0.3) is 11.3 Å². The molecule has 22 heavy (non-hydrogen) atoms. The third-order valence-corrected chi connectivity index (χ3v) is 4.49. The Morgan fingerprint density at radius 2 is 2.14 bits per heavy atom. The molecule has 3 atom stereocenters. The molecule has 5 nitrogen and oxygen atoms in total. The molecule has 6 heteroatoms. The molecule has 2 aliphatic rings. The Bertz CT molecular complexity index is 659. The van der Waals surface area contributed by atoms with Crippen LogP contribution in [0.1, 0.15) is 28.7 Å². The Kier molecular flexibility index (Phi) is 4.29. The van der Waals surface area contributed by atoms with E-state index in [2.05, 4.69) is 15.4 Å². The Labute approximate surface area is 135 Å². The van der Waals surface area contributed by atoms with E-state index in [-0.39, 0.29) is 18.3 Å². The third-order valence-electron chi connectivity index (χ3n) is 4.49. The van der Waals surface area contributed by atoms with E-state index in [0.717, 1.165) is 43.1 Å². The number of carbonyl (C=O) groups excluding carboxylic acids is 1. The minimum atomic E-state index is 0. The van der Waals surface area contributed by atoms with Crippen LogP contribution in [0, 0.1) is 5.92 Å². The van der Waals surface area contributed by atoms with Crippen LogP contribution in [-0.2, 0) is 0 Å². The zero-order valence-corrected chi connectivity index (χ0v) is 12.9. The summed E-state index contributed by atoms with van der Waals surface area (Å²) in [4.78, 5) is 15.5. The molecule has 4 rings (SSSR count). The normalized spacial score (nSPS) is 26.5. The first-order chi connectivity index (χ1) is 10.3. The fraction of sp³-hybridized carbons (Fsp3) is 0.375. The van der Waals surface area contributed by atoms with Crippen molar-refractivity contribution < 1.29 is 9.21 Å². The van der Waals surface area contributed by atoms with Gasteiger partial charge in [0.2, 0.25) is 6.29 Å². The molecule has 2 fully saturated rings. The minimum absolute atomic E-state index is 0. The molecule has 2 saturated heterocycles. The number of nitrogens with zero attached hydrogens (tertiary/aromatic N) is 2. The molecule has 0 saturated carbocycles. The van der Waals surface area contributed by atoms with Gasteiger partial charge in [0.1, 0.15) is 0 Å². The topological polar surface area (TPSA) is 58.4 Å².